The first-order chi connectivity index (χ1) is 8.70. The zero-order valence-electron chi connectivity index (χ0n) is 11.1. The second kappa shape index (κ2) is 6.01. The van der Waals surface area contributed by atoms with Crippen LogP contribution in [0.25, 0.3) is 0 Å². The topological polar surface area (TPSA) is 38.3 Å². The van der Waals surface area contributed by atoms with Crippen molar-refractivity contribution in [2.24, 2.45) is 0 Å². The van der Waals surface area contributed by atoms with Gasteiger partial charge in [-0.3, -0.25) is 4.79 Å². The molecule has 1 aliphatic rings. The smallest absolute Gasteiger partial charge is 0.249 e. The molecule has 0 unspecified atom stereocenters. The number of benzene rings is 1. The second-order valence-electron chi connectivity index (χ2n) is 4.88. The number of aryl methyl sites for hydroxylation is 1. The lowest BCUT2D eigenvalue weighted by Crippen LogP contribution is -2.36. The third-order valence-electron chi connectivity index (χ3n) is 3.43. The Hall–Kier alpha value is -1.35. The summed E-state index contributed by atoms with van der Waals surface area (Å²) in [5.41, 5.74) is 2.40. The Morgan fingerprint density at radius 2 is 2.17 bits per heavy atom. The Balaban J connectivity index is 2.00. The van der Waals surface area contributed by atoms with Crippen LogP contribution < -0.4 is 5.32 Å². The summed E-state index contributed by atoms with van der Waals surface area (Å²) < 4.78 is 5.40. The molecule has 98 valence electrons. The van der Waals surface area contributed by atoms with Crippen LogP contribution in [0.2, 0.25) is 0 Å². The fourth-order valence-electron chi connectivity index (χ4n) is 2.27. The van der Waals surface area contributed by atoms with Gasteiger partial charge in [-0.1, -0.05) is 36.8 Å². The fourth-order valence-corrected chi connectivity index (χ4v) is 2.27. The quantitative estimate of drug-likeness (QED) is 0.888. The number of hydrogen-bond donors (Lipinski definition) is 1. The SMILES string of the molecule is CC[C@H](NC(=O)[C@H]1CCCO1)c1ccc(C)cc1. The van der Waals surface area contributed by atoms with Crippen molar-refractivity contribution < 1.29 is 9.53 Å². The molecule has 1 aromatic rings. The van der Waals surface area contributed by atoms with Gasteiger partial charge in [-0.25, -0.2) is 0 Å². The lowest BCUT2D eigenvalue weighted by molar-refractivity contribution is -0.130. The molecule has 0 bridgehead atoms. The molecule has 0 spiro atoms. The second-order valence-corrected chi connectivity index (χ2v) is 4.88. The molecule has 0 radical (unpaired) electrons. The van der Waals surface area contributed by atoms with Crippen molar-refractivity contribution in [2.45, 2.75) is 45.3 Å². The first-order valence-electron chi connectivity index (χ1n) is 6.69. The van der Waals surface area contributed by atoms with Gasteiger partial charge in [0.05, 0.1) is 6.04 Å². The maximum Gasteiger partial charge on any atom is 0.249 e. The Morgan fingerprint density at radius 1 is 1.44 bits per heavy atom. The van der Waals surface area contributed by atoms with Crippen LogP contribution in [0, 0.1) is 6.92 Å². The van der Waals surface area contributed by atoms with E-state index in [2.05, 4.69) is 43.4 Å². The number of hydrogen-bond acceptors (Lipinski definition) is 2. The highest BCUT2D eigenvalue weighted by atomic mass is 16.5. The van der Waals surface area contributed by atoms with Crippen molar-refractivity contribution in [2.75, 3.05) is 6.61 Å². The summed E-state index contributed by atoms with van der Waals surface area (Å²) in [5, 5.41) is 3.08. The Morgan fingerprint density at radius 3 is 2.72 bits per heavy atom. The molecule has 1 fully saturated rings. The van der Waals surface area contributed by atoms with Gasteiger partial charge in [0.15, 0.2) is 0 Å². The van der Waals surface area contributed by atoms with E-state index in [1.807, 2.05) is 0 Å². The first kappa shape index (κ1) is 13.1. The molecule has 1 aliphatic heterocycles. The van der Waals surface area contributed by atoms with Crippen LogP contribution >= 0.6 is 0 Å². The molecule has 2 rings (SSSR count). The lowest BCUT2D eigenvalue weighted by atomic mass is 10.0. The summed E-state index contributed by atoms with van der Waals surface area (Å²) in [6.07, 6.45) is 2.47. The van der Waals surface area contributed by atoms with Gasteiger partial charge < -0.3 is 10.1 Å². The van der Waals surface area contributed by atoms with Gasteiger partial charge in [0.25, 0.3) is 0 Å². The summed E-state index contributed by atoms with van der Waals surface area (Å²) in [4.78, 5) is 12.0. The number of nitrogens with one attached hydrogen (secondary N) is 1. The van der Waals surface area contributed by atoms with Crippen molar-refractivity contribution >= 4 is 5.91 Å². The minimum absolute atomic E-state index is 0.0277. The van der Waals surface area contributed by atoms with E-state index in [1.165, 1.54) is 5.56 Å². The van der Waals surface area contributed by atoms with Gasteiger partial charge >= 0.3 is 0 Å². The van der Waals surface area contributed by atoms with Crippen LogP contribution in [0.1, 0.15) is 43.4 Å². The van der Waals surface area contributed by atoms with E-state index < -0.39 is 0 Å². The predicted octanol–water partition coefficient (Wildman–Crippen LogP) is 2.74. The summed E-state index contributed by atoms with van der Waals surface area (Å²) in [5.74, 6) is 0.0277. The summed E-state index contributed by atoms with van der Waals surface area (Å²) >= 11 is 0. The van der Waals surface area contributed by atoms with Crippen molar-refractivity contribution in [1.82, 2.24) is 5.32 Å². The maximum absolute atomic E-state index is 12.0. The highest BCUT2D eigenvalue weighted by Gasteiger charge is 2.25. The predicted molar refractivity (Wildman–Crippen MR) is 71.3 cm³/mol. The summed E-state index contributed by atoms with van der Waals surface area (Å²) in [6, 6.07) is 8.41. The molecule has 1 aromatic carbocycles. The van der Waals surface area contributed by atoms with Gasteiger partial charge in [0.2, 0.25) is 5.91 Å². The monoisotopic (exact) mass is 247 g/mol. The maximum atomic E-state index is 12.0. The minimum atomic E-state index is -0.246. The number of ether oxygens (including phenoxy) is 1. The van der Waals surface area contributed by atoms with Gasteiger partial charge in [-0.2, -0.15) is 0 Å². The zero-order chi connectivity index (χ0) is 13.0. The average molecular weight is 247 g/mol. The number of carbonyl (C=O) groups is 1. The Kier molecular flexibility index (Phi) is 4.37. The average Bonchev–Trinajstić information content (AvgIpc) is 2.91. The van der Waals surface area contributed by atoms with Crippen molar-refractivity contribution in [1.29, 1.82) is 0 Å². The number of rotatable bonds is 4. The first-order valence-corrected chi connectivity index (χ1v) is 6.69. The van der Waals surface area contributed by atoms with Gasteiger partial charge in [0.1, 0.15) is 6.10 Å². The van der Waals surface area contributed by atoms with Crippen LogP contribution in [0.15, 0.2) is 24.3 Å². The zero-order valence-corrected chi connectivity index (χ0v) is 11.1. The third-order valence-corrected chi connectivity index (χ3v) is 3.43. The third kappa shape index (κ3) is 3.10. The molecule has 0 aromatic heterocycles. The molecule has 3 heteroatoms. The van der Waals surface area contributed by atoms with Crippen molar-refractivity contribution in [3.63, 3.8) is 0 Å². The van der Waals surface area contributed by atoms with E-state index in [0.717, 1.165) is 24.8 Å². The molecule has 2 atom stereocenters. The van der Waals surface area contributed by atoms with Gasteiger partial charge in [0, 0.05) is 6.61 Å². The van der Waals surface area contributed by atoms with E-state index in [9.17, 15) is 4.79 Å². The van der Waals surface area contributed by atoms with Crippen LogP contribution in [-0.2, 0) is 9.53 Å². The van der Waals surface area contributed by atoms with Crippen LogP contribution in [0.3, 0.4) is 0 Å². The van der Waals surface area contributed by atoms with Gasteiger partial charge in [-0.15, -0.1) is 0 Å². The Bertz CT molecular complexity index is 393. The molecular weight excluding hydrogens is 226 g/mol. The summed E-state index contributed by atoms with van der Waals surface area (Å²) in [6.45, 7) is 4.86. The molecule has 3 nitrogen and oxygen atoms in total. The molecule has 18 heavy (non-hydrogen) atoms. The minimum Gasteiger partial charge on any atom is -0.368 e. The van der Waals surface area contributed by atoms with E-state index in [4.69, 9.17) is 4.74 Å². The number of amides is 1. The highest BCUT2D eigenvalue weighted by molar-refractivity contribution is 5.81. The van der Waals surface area contributed by atoms with Crippen molar-refractivity contribution in [3.05, 3.63) is 35.4 Å². The van der Waals surface area contributed by atoms with Gasteiger partial charge in [-0.05, 0) is 31.7 Å². The van der Waals surface area contributed by atoms with Crippen molar-refractivity contribution in [3.8, 4) is 0 Å². The molecule has 1 heterocycles. The molecular formula is C15H21NO2. The lowest BCUT2D eigenvalue weighted by Gasteiger charge is -2.19. The molecule has 1 amide bonds. The molecule has 0 saturated carbocycles. The summed E-state index contributed by atoms with van der Waals surface area (Å²) in [7, 11) is 0. The molecule has 0 aliphatic carbocycles. The van der Waals surface area contributed by atoms with E-state index in [1.54, 1.807) is 0 Å². The van der Waals surface area contributed by atoms with E-state index in [-0.39, 0.29) is 18.1 Å². The van der Waals surface area contributed by atoms with Crippen LogP contribution in [-0.4, -0.2) is 18.6 Å². The standard InChI is InChI=1S/C15H21NO2/c1-3-13(12-8-6-11(2)7-9-12)16-15(17)14-5-4-10-18-14/h6-9,13-14H,3-5,10H2,1-2H3,(H,16,17)/t13-,14+/m0/s1. The molecule has 1 N–H and O–H groups in total. The van der Waals surface area contributed by atoms with Crippen LogP contribution in [0.5, 0.6) is 0 Å². The van der Waals surface area contributed by atoms with E-state index in [0.29, 0.717) is 6.61 Å². The van der Waals surface area contributed by atoms with E-state index >= 15 is 0 Å². The highest BCUT2D eigenvalue weighted by Crippen LogP contribution is 2.19. The normalized spacial score (nSPS) is 20.7. The fraction of sp³-hybridized carbons (Fsp3) is 0.533. The molecule has 1 saturated heterocycles. The van der Waals surface area contributed by atoms with Crippen LogP contribution in [0.4, 0.5) is 0 Å². The number of carbonyl (C=O) groups excluding carboxylic acids is 1. The largest absolute Gasteiger partial charge is 0.368 e. The Labute approximate surface area is 109 Å².